The molecule has 1 saturated heterocycles. The zero-order valence-corrected chi connectivity index (χ0v) is 13.5. The second-order valence-corrected chi connectivity index (χ2v) is 6.21. The van der Waals surface area contributed by atoms with Crippen LogP contribution in [-0.4, -0.2) is 71.7 Å². The van der Waals surface area contributed by atoms with Gasteiger partial charge in [0.05, 0.1) is 12.1 Å². The maximum absolute atomic E-state index is 11.7. The largest absolute Gasteiger partial charge is 0.389 e. The van der Waals surface area contributed by atoms with Crippen LogP contribution in [0.25, 0.3) is 0 Å². The number of aliphatic hydroxyl groups is 1. The second kappa shape index (κ2) is 7.96. The summed E-state index contributed by atoms with van der Waals surface area (Å²) in [7, 11) is 0. The van der Waals surface area contributed by atoms with E-state index < -0.39 is 5.60 Å². The highest BCUT2D eigenvalue weighted by atomic mass is 16.3. The summed E-state index contributed by atoms with van der Waals surface area (Å²) in [5, 5.41) is 13.3. The zero-order chi connectivity index (χ0) is 15.2. The molecule has 0 aromatic carbocycles. The van der Waals surface area contributed by atoms with E-state index in [0.717, 1.165) is 45.6 Å². The molecule has 0 spiro atoms. The molecule has 1 aliphatic rings. The van der Waals surface area contributed by atoms with E-state index in [1.165, 1.54) is 0 Å². The third kappa shape index (κ3) is 5.77. The minimum atomic E-state index is -0.558. The van der Waals surface area contributed by atoms with Crippen molar-refractivity contribution in [2.75, 3.05) is 39.3 Å². The minimum Gasteiger partial charge on any atom is -0.389 e. The van der Waals surface area contributed by atoms with Gasteiger partial charge in [0.15, 0.2) is 0 Å². The lowest BCUT2D eigenvalue weighted by Crippen LogP contribution is -2.53. The van der Waals surface area contributed by atoms with Gasteiger partial charge in [0, 0.05) is 38.8 Å². The summed E-state index contributed by atoms with van der Waals surface area (Å²) in [4.78, 5) is 16.2. The second-order valence-electron chi connectivity index (χ2n) is 6.21. The van der Waals surface area contributed by atoms with Crippen molar-refractivity contribution < 1.29 is 9.90 Å². The van der Waals surface area contributed by atoms with Gasteiger partial charge in [-0.1, -0.05) is 13.8 Å². The Morgan fingerprint density at radius 1 is 1.15 bits per heavy atom. The van der Waals surface area contributed by atoms with Crippen LogP contribution in [0.1, 0.15) is 40.5 Å². The number of carbonyl (C=O) groups is 1. The van der Waals surface area contributed by atoms with Crippen LogP contribution in [0, 0.1) is 0 Å². The van der Waals surface area contributed by atoms with Crippen molar-refractivity contribution in [2.45, 2.75) is 52.2 Å². The normalized spacial score (nSPS) is 18.5. The molecule has 2 N–H and O–H groups in total. The highest BCUT2D eigenvalue weighted by Crippen LogP contribution is 2.17. The summed E-state index contributed by atoms with van der Waals surface area (Å²) in [6.45, 7) is 12.9. The molecule has 0 unspecified atom stereocenters. The van der Waals surface area contributed by atoms with E-state index in [0.29, 0.717) is 6.54 Å². The molecule has 0 atom stereocenters. The monoisotopic (exact) mass is 285 g/mol. The highest BCUT2D eigenvalue weighted by molar-refractivity contribution is 5.78. The third-order valence-electron chi connectivity index (χ3n) is 4.12. The fraction of sp³-hybridized carbons (Fsp3) is 0.933. The van der Waals surface area contributed by atoms with Crippen LogP contribution < -0.4 is 5.32 Å². The summed E-state index contributed by atoms with van der Waals surface area (Å²) in [5.74, 6) is 0.104. The van der Waals surface area contributed by atoms with Crippen molar-refractivity contribution in [3.63, 3.8) is 0 Å². The lowest BCUT2D eigenvalue weighted by Gasteiger charge is -2.38. The first kappa shape index (κ1) is 17.4. The van der Waals surface area contributed by atoms with Crippen molar-refractivity contribution in [1.29, 1.82) is 0 Å². The maximum atomic E-state index is 11.7. The van der Waals surface area contributed by atoms with Gasteiger partial charge < -0.3 is 10.4 Å². The van der Waals surface area contributed by atoms with Gasteiger partial charge in [-0.15, -0.1) is 0 Å². The van der Waals surface area contributed by atoms with Gasteiger partial charge in [-0.2, -0.15) is 0 Å². The van der Waals surface area contributed by atoms with E-state index in [9.17, 15) is 9.90 Å². The van der Waals surface area contributed by atoms with Crippen molar-refractivity contribution in [3.8, 4) is 0 Å². The Morgan fingerprint density at radius 2 is 1.65 bits per heavy atom. The molecule has 1 heterocycles. The van der Waals surface area contributed by atoms with Crippen molar-refractivity contribution in [3.05, 3.63) is 0 Å². The number of hydrogen-bond acceptors (Lipinski definition) is 4. The third-order valence-corrected chi connectivity index (χ3v) is 4.12. The van der Waals surface area contributed by atoms with Crippen LogP contribution in [-0.2, 0) is 4.79 Å². The molecule has 0 bridgehead atoms. The smallest absolute Gasteiger partial charge is 0.234 e. The van der Waals surface area contributed by atoms with Gasteiger partial charge >= 0.3 is 0 Å². The SMILES string of the molecule is CCC(O)(CC)CN1CCN(CC(=O)NC(C)C)CC1. The van der Waals surface area contributed by atoms with Gasteiger partial charge in [0.2, 0.25) is 5.91 Å². The van der Waals surface area contributed by atoms with Gasteiger partial charge in [-0.05, 0) is 26.7 Å². The Morgan fingerprint density at radius 3 is 2.10 bits per heavy atom. The van der Waals surface area contributed by atoms with Gasteiger partial charge in [0.1, 0.15) is 0 Å². The summed E-state index contributed by atoms with van der Waals surface area (Å²) < 4.78 is 0. The van der Waals surface area contributed by atoms with Crippen LogP contribution in [0.5, 0.6) is 0 Å². The van der Waals surface area contributed by atoms with Crippen molar-refractivity contribution in [2.24, 2.45) is 0 Å². The number of β-amino-alcohol motifs (C(OH)–C–C–N with tert-alkyl or cyclic N) is 1. The number of hydrogen-bond donors (Lipinski definition) is 2. The molecule has 20 heavy (non-hydrogen) atoms. The average Bonchev–Trinajstić information content (AvgIpc) is 2.40. The Labute approximate surface area is 123 Å². The Kier molecular flexibility index (Phi) is 6.92. The first-order valence-electron chi connectivity index (χ1n) is 7.85. The van der Waals surface area contributed by atoms with Gasteiger partial charge in [-0.3, -0.25) is 14.6 Å². The topological polar surface area (TPSA) is 55.8 Å². The first-order chi connectivity index (χ1) is 9.38. The molecule has 0 aliphatic carbocycles. The van der Waals surface area contributed by atoms with Crippen molar-refractivity contribution in [1.82, 2.24) is 15.1 Å². The molecule has 0 aromatic heterocycles. The molecule has 118 valence electrons. The molecule has 1 amide bonds. The molecule has 1 rings (SSSR count). The average molecular weight is 285 g/mol. The Balaban J connectivity index is 2.31. The molecule has 0 saturated carbocycles. The lowest BCUT2D eigenvalue weighted by atomic mass is 9.96. The number of piperazine rings is 1. The number of nitrogens with one attached hydrogen (secondary N) is 1. The van der Waals surface area contributed by atoms with E-state index >= 15 is 0 Å². The lowest BCUT2D eigenvalue weighted by molar-refractivity contribution is -0.123. The molecular formula is C15H31N3O2. The van der Waals surface area contributed by atoms with Crippen LogP contribution in [0.15, 0.2) is 0 Å². The minimum absolute atomic E-state index is 0.104. The Bertz CT molecular complexity index is 295. The standard InChI is InChI=1S/C15H31N3O2/c1-5-15(20,6-2)12-18-9-7-17(8-10-18)11-14(19)16-13(3)4/h13,20H,5-12H2,1-4H3,(H,16,19). The van der Waals surface area contributed by atoms with Crippen LogP contribution in [0.2, 0.25) is 0 Å². The predicted octanol–water partition coefficient (Wildman–Crippen LogP) is 0.680. The summed E-state index contributed by atoms with van der Waals surface area (Å²) in [6, 6.07) is 0.202. The van der Waals surface area contributed by atoms with Crippen LogP contribution in [0.4, 0.5) is 0 Å². The number of amides is 1. The molecule has 1 fully saturated rings. The predicted molar refractivity (Wildman–Crippen MR) is 81.7 cm³/mol. The van der Waals surface area contributed by atoms with E-state index in [1.807, 2.05) is 27.7 Å². The Hall–Kier alpha value is -0.650. The summed E-state index contributed by atoms with van der Waals surface area (Å²) in [6.07, 6.45) is 1.58. The zero-order valence-electron chi connectivity index (χ0n) is 13.5. The molecule has 0 aromatic rings. The van der Waals surface area contributed by atoms with Gasteiger partial charge in [-0.25, -0.2) is 0 Å². The number of carbonyl (C=O) groups excluding carboxylic acids is 1. The molecular weight excluding hydrogens is 254 g/mol. The number of nitrogens with zero attached hydrogens (tertiary/aromatic N) is 2. The fourth-order valence-electron chi connectivity index (χ4n) is 2.57. The summed E-state index contributed by atoms with van der Waals surface area (Å²) >= 11 is 0. The molecule has 1 aliphatic heterocycles. The van der Waals surface area contributed by atoms with E-state index in [4.69, 9.17) is 0 Å². The van der Waals surface area contributed by atoms with Crippen molar-refractivity contribution >= 4 is 5.91 Å². The molecule has 0 radical (unpaired) electrons. The molecule has 5 nitrogen and oxygen atoms in total. The maximum Gasteiger partial charge on any atom is 0.234 e. The van der Waals surface area contributed by atoms with E-state index in [2.05, 4.69) is 15.1 Å². The summed E-state index contributed by atoms with van der Waals surface area (Å²) in [5.41, 5.74) is -0.558. The fourth-order valence-corrected chi connectivity index (χ4v) is 2.57. The van der Waals surface area contributed by atoms with E-state index in [-0.39, 0.29) is 11.9 Å². The first-order valence-corrected chi connectivity index (χ1v) is 7.85. The highest BCUT2D eigenvalue weighted by Gasteiger charge is 2.28. The van der Waals surface area contributed by atoms with E-state index in [1.54, 1.807) is 0 Å². The molecule has 5 heteroatoms. The quantitative estimate of drug-likeness (QED) is 0.722. The van der Waals surface area contributed by atoms with Crippen LogP contribution >= 0.6 is 0 Å². The van der Waals surface area contributed by atoms with Crippen LogP contribution in [0.3, 0.4) is 0 Å². The van der Waals surface area contributed by atoms with Gasteiger partial charge in [0.25, 0.3) is 0 Å². The number of rotatable bonds is 7.